The number of hydrogen-bond donors (Lipinski definition) is 1. The van der Waals surface area contributed by atoms with Gasteiger partial charge in [0.15, 0.2) is 0 Å². The number of allylic oxidation sites excluding steroid dienone is 4. The van der Waals surface area contributed by atoms with Crippen molar-refractivity contribution in [3.05, 3.63) is 72.0 Å². The Kier molecular flexibility index (Phi) is 6.08. The minimum atomic E-state index is -0.424. The summed E-state index contributed by atoms with van der Waals surface area (Å²) in [6.45, 7) is 5.48. The van der Waals surface area contributed by atoms with Crippen LogP contribution in [0, 0.1) is 0 Å². The van der Waals surface area contributed by atoms with Gasteiger partial charge in [-0.25, -0.2) is 4.79 Å². The van der Waals surface area contributed by atoms with Crippen LogP contribution in [0.15, 0.2) is 60.9 Å². The molecule has 1 rings (SSSR count). The minimum absolute atomic E-state index is 0.0759. The van der Waals surface area contributed by atoms with Gasteiger partial charge < -0.3 is 9.84 Å². The lowest BCUT2D eigenvalue weighted by molar-refractivity contribution is 0.0600. The van der Waals surface area contributed by atoms with Gasteiger partial charge in [-0.1, -0.05) is 31.7 Å². The van der Waals surface area contributed by atoms with Crippen LogP contribution in [0.2, 0.25) is 0 Å². The zero-order valence-corrected chi connectivity index (χ0v) is 11.7. The molecule has 0 aromatic heterocycles. The summed E-state index contributed by atoms with van der Waals surface area (Å²) in [5.74, 6) is -0.357. The molecule has 1 aromatic rings. The van der Waals surface area contributed by atoms with Crippen LogP contribution in [0.3, 0.4) is 0 Å². The second-order valence-corrected chi connectivity index (χ2v) is 4.17. The Balaban J connectivity index is 3.00. The molecule has 0 heterocycles. The molecule has 3 nitrogen and oxygen atoms in total. The number of phenolic OH excluding ortho intramolecular Hbond substituents is 1. The van der Waals surface area contributed by atoms with Gasteiger partial charge in [0.2, 0.25) is 0 Å². The quantitative estimate of drug-likeness (QED) is 0.503. The van der Waals surface area contributed by atoms with Crippen molar-refractivity contribution in [3.8, 4) is 5.75 Å². The molecule has 0 aliphatic rings. The van der Waals surface area contributed by atoms with E-state index in [4.69, 9.17) is 0 Å². The zero-order chi connectivity index (χ0) is 15.0. The van der Waals surface area contributed by atoms with E-state index in [2.05, 4.69) is 17.0 Å². The molecular weight excluding hydrogens is 252 g/mol. The second kappa shape index (κ2) is 7.82. The van der Waals surface area contributed by atoms with Gasteiger partial charge in [0.25, 0.3) is 0 Å². The molecule has 1 N–H and O–H groups in total. The predicted molar refractivity (Wildman–Crippen MR) is 79.9 cm³/mol. The van der Waals surface area contributed by atoms with Crippen LogP contribution in [-0.2, 0) is 4.74 Å². The number of phenols is 1. The lowest BCUT2D eigenvalue weighted by Crippen LogP contribution is -2.02. The Bertz CT molecular complexity index is 576. The number of carbonyl (C=O) groups excluding carboxylic acids is 1. The van der Waals surface area contributed by atoms with Gasteiger partial charge in [-0.3, -0.25) is 0 Å². The van der Waals surface area contributed by atoms with Gasteiger partial charge in [-0.05, 0) is 30.4 Å². The molecule has 1 aromatic carbocycles. The van der Waals surface area contributed by atoms with Gasteiger partial charge in [0.05, 0.1) is 12.7 Å². The van der Waals surface area contributed by atoms with Crippen molar-refractivity contribution >= 4 is 5.97 Å². The number of hydrogen-bond acceptors (Lipinski definition) is 3. The third-order valence-electron chi connectivity index (χ3n) is 2.73. The molecule has 0 amide bonds. The van der Waals surface area contributed by atoms with Crippen molar-refractivity contribution in [1.29, 1.82) is 0 Å². The fraction of sp³-hybridized carbons (Fsp3) is 0.176. The van der Waals surface area contributed by atoms with Gasteiger partial charge in [0.1, 0.15) is 5.75 Å². The number of aromatic hydroxyl groups is 1. The normalized spacial score (nSPS) is 11.5. The first-order valence-corrected chi connectivity index (χ1v) is 6.21. The summed E-state index contributed by atoms with van der Waals surface area (Å²) in [5.41, 5.74) is 4.06. The van der Waals surface area contributed by atoms with Crippen LogP contribution in [0.5, 0.6) is 5.75 Å². The molecular formula is C17H18O3. The van der Waals surface area contributed by atoms with E-state index in [1.54, 1.807) is 30.4 Å². The van der Waals surface area contributed by atoms with Crippen LogP contribution in [0.4, 0.5) is 0 Å². The molecule has 3 heteroatoms. The Morgan fingerprint density at radius 2 is 2.20 bits per heavy atom. The van der Waals surface area contributed by atoms with Gasteiger partial charge in [0, 0.05) is 11.5 Å². The SMILES string of the molecule is C=CC=CC=C=CC(C)c1cc(C(=O)OC)ccc1O. The van der Waals surface area contributed by atoms with Crippen molar-refractivity contribution < 1.29 is 14.6 Å². The van der Waals surface area contributed by atoms with E-state index in [1.165, 1.54) is 19.2 Å². The number of benzene rings is 1. The predicted octanol–water partition coefficient (Wildman–Crippen LogP) is 3.74. The van der Waals surface area contributed by atoms with Gasteiger partial charge in [-0.15, -0.1) is 5.73 Å². The molecule has 20 heavy (non-hydrogen) atoms. The van der Waals surface area contributed by atoms with E-state index in [0.717, 1.165) is 0 Å². The standard InChI is InChI=1S/C17H18O3/c1-4-5-6-7-8-9-13(2)15-12-14(17(19)20-3)10-11-16(15)18/h4-7,9-13,18H,1H2,2-3H3. The maximum atomic E-state index is 11.5. The average molecular weight is 270 g/mol. The van der Waals surface area contributed by atoms with Crippen LogP contribution < -0.4 is 0 Å². The summed E-state index contributed by atoms with van der Waals surface area (Å²) in [5, 5.41) is 9.86. The van der Waals surface area contributed by atoms with Crippen molar-refractivity contribution in [3.63, 3.8) is 0 Å². The summed E-state index contributed by atoms with van der Waals surface area (Å²) in [6.07, 6.45) is 8.83. The number of methoxy groups -OCH3 is 1. The number of carbonyl (C=O) groups is 1. The van der Waals surface area contributed by atoms with Crippen LogP contribution in [0.1, 0.15) is 28.8 Å². The molecule has 1 unspecified atom stereocenters. The van der Waals surface area contributed by atoms with Crippen molar-refractivity contribution in [2.24, 2.45) is 0 Å². The van der Waals surface area contributed by atoms with E-state index in [1.807, 2.05) is 13.0 Å². The maximum absolute atomic E-state index is 11.5. The Morgan fingerprint density at radius 1 is 1.45 bits per heavy atom. The fourth-order valence-corrected chi connectivity index (χ4v) is 1.64. The maximum Gasteiger partial charge on any atom is 0.337 e. The molecule has 0 fully saturated rings. The fourth-order valence-electron chi connectivity index (χ4n) is 1.64. The van der Waals surface area contributed by atoms with Gasteiger partial charge >= 0.3 is 5.97 Å². The van der Waals surface area contributed by atoms with Crippen LogP contribution in [0.25, 0.3) is 0 Å². The highest BCUT2D eigenvalue weighted by atomic mass is 16.5. The Morgan fingerprint density at radius 3 is 2.85 bits per heavy atom. The summed E-state index contributed by atoms with van der Waals surface area (Å²) < 4.78 is 4.67. The molecule has 104 valence electrons. The molecule has 0 spiro atoms. The molecule has 0 saturated heterocycles. The van der Waals surface area contributed by atoms with Crippen molar-refractivity contribution in [1.82, 2.24) is 0 Å². The highest BCUT2D eigenvalue weighted by Crippen LogP contribution is 2.27. The monoisotopic (exact) mass is 270 g/mol. The summed E-state index contributed by atoms with van der Waals surface area (Å²) >= 11 is 0. The average Bonchev–Trinajstić information content (AvgIpc) is 2.46. The molecule has 1 atom stereocenters. The molecule has 0 aliphatic heterocycles. The first kappa shape index (κ1) is 15.5. The Labute approximate surface area is 119 Å². The highest BCUT2D eigenvalue weighted by Gasteiger charge is 2.12. The lowest BCUT2D eigenvalue weighted by Gasteiger charge is -2.10. The minimum Gasteiger partial charge on any atom is -0.508 e. The van der Waals surface area contributed by atoms with Crippen molar-refractivity contribution in [2.75, 3.05) is 7.11 Å². The summed E-state index contributed by atoms with van der Waals surface area (Å²) in [6, 6.07) is 4.65. The van der Waals surface area contributed by atoms with Crippen LogP contribution >= 0.6 is 0 Å². The van der Waals surface area contributed by atoms with Gasteiger partial charge in [-0.2, -0.15) is 0 Å². The molecule has 0 aliphatic carbocycles. The topological polar surface area (TPSA) is 46.5 Å². The molecule has 0 saturated carbocycles. The summed E-state index contributed by atoms with van der Waals surface area (Å²) in [7, 11) is 1.33. The smallest absolute Gasteiger partial charge is 0.337 e. The highest BCUT2D eigenvalue weighted by molar-refractivity contribution is 5.89. The van der Waals surface area contributed by atoms with E-state index < -0.39 is 5.97 Å². The number of esters is 1. The first-order valence-electron chi connectivity index (χ1n) is 6.21. The largest absolute Gasteiger partial charge is 0.508 e. The molecule has 0 radical (unpaired) electrons. The number of rotatable bonds is 5. The van der Waals surface area contributed by atoms with E-state index >= 15 is 0 Å². The van der Waals surface area contributed by atoms with Crippen molar-refractivity contribution in [2.45, 2.75) is 12.8 Å². The zero-order valence-electron chi connectivity index (χ0n) is 11.7. The van der Waals surface area contributed by atoms with E-state index in [9.17, 15) is 9.90 Å². The summed E-state index contributed by atoms with van der Waals surface area (Å²) in [4.78, 5) is 11.5. The second-order valence-electron chi connectivity index (χ2n) is 4.17. The number of ether oxygens (including phenoxy) is 1. The van der Waals surface area contributed by atoms with E-state index in [-0.39, 0.29) is 11.7 Å². The first-order chi connectivity index (χ1) is 9.60. The van der Waals surface area contributed by atoms with Crippen LogP contribution in [-0.4, -0.2) is 18.2 Å². The Hall–Kier alpha value is -2.51. The third kappa shape index (κ3) is 4.30. The lowest BCUT2D eigenvalue weighted by atomic mass is 9.98. The van der Waals surface area contributed by atoms with E-state index in [0.29, 0.717) is 11.1 Å². The third-order valence-corrected chi connectivity index (χ3v) is 2.73. The molecule has 0 bridgehead atoms.